The van der Waals surface area contributed by atoms with E-state index in [0.29, 0.717) is 33.7 Å². The maximum Gasteiger partial charge on any atom is 0.225 e. The number of thiophene rings is 1. The van der Waals surface area contributed by atoms with Gasteiger partial charge in [0.15, 0.2) is 11.4 Å². The van der Waals surface area contributed by atoms with E-state index in [2.05, 4.69) is 31.2 Å². The molecule has 0 unspecified atom stereocenters. The summed E-state index contributed by atoms with van der Waals surface area (Å²) in [6, 6.07) is 3.33. The molecule has 0 aliphatic rings. The average Bonchev–Trinajstić information content (AvgIpc) is 3.15. The van der Waals surface area contributed by atoms with E-state index in [1.165, 1.54) is 6.92 Å². The Labute approximate surface area is 155 Å². The van der Waals surface area contributed by atoms with Gasteiger partial charge in [-0.2, -0.15) is 4.98 Å². The molecule has 0 amide bonds. The molecule has 3 rings (SSSR count). The standard InChI is InChI=1S/C15H15BrClFN4OS/c1-7(18)9(19)5-10-11(16)12-13(23-10)14(22-15(17)21-12)20-6-8-3-2-4-24-8/h2-4,7,9H,5-6,19H2,1H3,(H,20,21,22)/t7-,9+/m0/s1. The number of aromatic nitrogens is 2. The van der Waals surface area contributed by atoms with Crippen molar-refractivity contribution in [3.8, 4) is 0 Å². The summed E-state index contributed by atoms with van der Waals surface area (Å²) in [5.74, 6) is 1.02. The lowest BCUT2D eigenvalue weighted by atomic mass is 10.1. The highest BCUT2D eigenvalue weighted by molar-refractivity contribution is 9.10. The normalized spacial score (nSPS) is 14.0. The number of fused-ring (bicyclic) bond motifs is 1. The summed E-state index contributed by atoms with van der Waals surface area (Å²) in [5.41, 5.74) is 6.81. The number of nitrogens with zero attached hydrogens (tertiary/aromatic N) is 2. The predicted octanol–water partition coefficient (Wildman–Crippen LogP) is 4.54. The Balaban J connectivity index is 1.94. The largest absolute Gasteiger partial charge is 0.454 e. The van der Waals surface area contributed by atoms with Gasteiger partial charge in [0.05, 0.1) is 11.0 Å². The van der Waals surface area contributed by atoms with Crippen LogP contribution in [-0.4, -0.2) is 22.2 Å². The van der Waals surface area contributed by atoms with Crippen LogP contribution >= 0.6 is 38.9 Å². The van der Waals surface area contributed by atoms with Crippen LogP contribution in [0.4, 0.5) is 10.2 Å². The highest BCUT2D eigenvalue weighted by atomic mass is 79.9. The number of anilines is 1. The molecule has 5 nitrogen and oxygen atoms in total. The van der Waals surface area contributed by atoms with Crippen LogP contribution in [0.3, 0.4) is 0 Å². The van der Waals surface area contributed by atoms with Gasteiger partial charge in [-0.1, -0.05) is 6.07 Å². The van der Waals surface area contributed by atoms with Gasteiger partial charge in [-0.05, 0) is 45.9 Å². The van der Waals surface area contributed by atoms with E-state index in [9.17, 15) is 4.39 Å². The number of hydrogen-bond donors (Lipinski definition) is 2. The van der Waals surface area contributed by atoms with Gasteiger partial charge < -0.3 is 15.5 Å². The van der Waals surface area contributed by atoms with Crippen LogP contribution in [0, 0.1) is 0 Å². The summed E-state index contributed by atoms with van der Waals surface area (Å²) in [7, 11) is 0. The summed E-state index contributed by atoms with van der Waals surface area (Å²) >= 11 is 11.1. The third-order valence-electron chi connectivity index (χ3n) is 3.54. The second-order valence-electron chi connectivity index (χ2n) is 5.34. The molecule has 0 saturated carbocycles. The van der Waals surface area contributed by atoms with Crippen LogP contribution in [0.5, 0.6) is 0 Å². The Bertz CT molecular complexity index is 840. The third kappa shape index (κ3) is 3.72. The maximum absolute atomic E-state index is 13.3. The Hall–Kier alpha value is -1.22. The van der Waals surface area contributed by atoms with Crippen LogP contribution < -0.4 is 11.1 Å². The molecule has 3 aromatic heterocycles. The Morgan fingerprint density at radius 2 is 2.29 bits per heavy atom. The fourth-order valence-electron chi connectivity index (χ4n) is 2.18. The number of halogens is 3. The minimum Gasteiger partial charge on any atom is -0.454 e. The first-order valence-electron chi connectivity index (χ1n) is 7.26. The van der Waals surface area contributed by atoms with Gasteiger partial charge in [0.1, 0.15) is 17.4 Å². The fourth-order valence-corrected chi connectivity index (χ4v) is 3.51. The van der Waals surface area contributed by atoms with Gasteiger partial charge in [-0.3, -0.25) is 0 Å². The van der Waals surface area contributed by atoms with Gasteiger partial charge in [-0.25, -0.2) is 9.37 Å². The van der Waals surface area contributed by atoms with Crippen molar-refractivity contribution in [2.45, 2.75) is 32.1 Å². The Morgan fingerprint density at radius 3 is 2.96 bits per heavy atom. The van der Waals surface area contributed by atoms with E-state index in [1.807, 2.05) is 17.5 Å². The lowest BCUT2D eigenvalue weighted by Gasteiger charge is -2.10. The molecule has 9 heteroatoms. The first-order chi connectivity index (χ1) is 11.5. The highest BCUT2D eigenvalue weighted by Crippen LogP contribution is 2.35. The molecule has 0 aromatic carbocycles. The van der Waals surface area contributed by atoms with E-state index < -0.39 is 12.2 Å². The molecular formula is C15H15BrClFN4OS. The molecule has 2 atom stereocenters. The lowest BCUT2D eigenvalue weighted by Crippen LogP contribution is -2.31. The number of alkyl halides is 1. The fraction of sp³-hybridized carbons (Fsp3) is 0.333. The van der Waals surface area contributed by atoms with E-state index >= 15 is 0 Å². The molecule has 0 aliphatic carbocycles. The van der Waals surface area contributed by atoms with Crippen molar-refractivity contribution in [2.75, 3.05) is 5.32 Å². The number of nitrogens with two attached hydrogens (primary N) is 1. The van der Waals surface area contributed by atoms with Gasteiger partial charge in [0, 0.05) is 17.3 Å². The average molecular weight is 434 g/mol. The minimum atomic E-state index is -1.14. The minimum absolute atomic E-state index is 0.104. The number of rotatable bonds is 6. The molecule has 3 aromatic rings. The zero-order valence-corrected chi connectivity index (χ0v) is 15.9. The second-order valence-corrected chi connectivity index (χ2v) is 7.50. The van der Waals surface area contributed by atoms with Gasteiger partial charge in [0.2, 0.25) is 5.28 Å². The zero-order valence-electron chi connectivity index (χ0n) is 12.7. The van der Waals surface area contributed by atoms with Gasteiger partial charge in [-0.15, -0.1) is 11.3 Å². The van der Waals surface area contributed by atoms with Crippen molar-refractivity contribution < 1.29 is 8.81 Å². The molecule has 0 bridgehead atoms. The van der Waals surface area contributed by atoms with Crippen molar-refractivity contribution in [1.29, 1.82) is 0 Å². The number of nitrogens with one attached hydrogen (secondary N) is 1. The van der Waals surface area contributed by atoms with Crippen molar-refractivity contribution in [3.63, 3.8) is 0 Å². The summed E-state index contributed by atoms with van der Waals surface area (Å²) in [6.45, 7) is 2.01. The SMILES string of the molecule is C[C@H](F)[C@H](N)Cc1oc2c(NCc3cccs3)nc(Cl)nc2c1Br. The van der Waals surface area contributed by atoms with E-state index in [1.54, 1.807) is 11.3 Å². The predicted molar refractivity (Wildman–Crippen MR) is 98.4 cm³/mol. The summed E-state index contributed by atoms with van der Waals surface area (Å²) < 4.78 is 19.8. The second kappa shape index (κ2) is 7.35. The molecular weight excluding hydrogens is 419 g/mol. The molecule has 0 spiro atoms. The van der Waals surface area contributed by atoms with Crippen molar-refractivity contribution in [3.05, 3.63) is 37.9 Å². The first-order valence-corrected chi connectivity index (χ1v) is 9.31. The molecule has 0 fully saturated rings. The van der Waals surface area contributed by atoms with Crippen LogP contribution in [-0.2, 0) is 13.0 Å². The smallest absolute Gasteiger partial charge is 0.225 e. The summed E-state index contributed by atoms with van der Waals surface area (Å²) in [4.78, 5) is 9.54. The molecule has 24 heavy (non-hydrogen) atoms. The van der Waals surface area contributed by atoms with Crippen molar-refractivity contribution in [2.24, 2.45) is 5.73 Å². The highest BCUT2D eigenvalue weighted by Gasteiger charge is 2.22. The van der Waals surface area contributed by atoms with Crippen molar-refractivity contribution >= 4 is 55.8 Å². The van der Waals surface area contributed by atoms with Crippen LogP contribution in [0.15, 0.2) is 26.4 Å². The maximum atomic E-state index is 13.3. The van der Waals surface area contributed by atoms with Gasteiger partial charge in [0.25, 0.3) is 0 Å². The van der Waals surface area contributed by atoms with Gasteiger partial charge >= 0.3 is 0 Å². The number of hydrogen-bond acceptors (Lipinski definition) is 6. The monoisotopic (exact) mass is 432 g/mol. The quantitative estimate of drug-likeness (QED) is 0.558. The topological polar surface area (TPSA) is 77.0 Å². The van der Waals surface area contributed by atoms with Crippen LogP contribution in [0.1, 0.15) is 17.6 Å². The molecule has 0 radical (unpaired) electrons. The molecule has 128 valence electrons. The molecule has 0 saturated heterocycles. The lowest BCUT2D eigenvalue weighted by molar-refractivity contribution is 0.295. The summed E-state index contributed by atoms with van der Waals surface area (Å²) in [6.07, 6.45) is -0.896. The summed E-state index contributed by atoms with van der Waals surface area (Å²) in [5, 5.41) is 5.31. The van der Waals surface area contributed by atoms with E-state index in [4.69, 9.17) is 21.8 Å². The third-order valence-corrected chi connectivity index (χ3v) is 5.40. The molecule has 3 N–H and O–H groups in total. The number of furan rings is 1. The molecule has 0 aliphatic heterocycles. The first kappa shape index (κ1) is 17.6. The van der Waals surface area contributed by atoms with E-state index in [0.717, 1.165) is 4.88 Å². The van der Waals surface area contributed by atoms with Crippen LogP contribution in [0.25, 0.3) is 11.1 Å². The zero-order chi connectivity index (χ0) is 17.3. The van der Waals surface area contributed by atoms with Crippen molar-refractivity contribution in [1.82, 2.24) is 9.97 Å². The Kier molecular flexibility index (Phi) is 5.39. The Morgan fingerprint density at radius 1 is 1.50 bits per heavy atom. The van der Waals surface area contributed by atoms with E-state index in [-0.39, 0.29) is 11.7 Å². The molecule has 3 heterocycles. The van der Waals surface area contributed by atoms with Crippen LogP contribution in [0.2, 0.25) is 5.28 Å².